The summed E-state index contributed by atoms with van der Waals surface area (Å²) in [5.74, 6) is -0.112. The lowest BCUT2D eigenvalue weighted by Crippen LogP contribution is -2.14. The summed E-state index contributed by atoms with van der Waals surface area (Å²) in [6.45, 7) is 7.07. The lowest BCUT2D eigenvalue weighted by molar-refractivity contribution is -0.114. The molecule has 0 spiro atoms. The molecular formula is C10H18O2. The summed E-state index contributed by atoms with van der Waals surface area (Å²) >= 11 is 0. The van der Waals surface area contributed by atoms with Crippen molar-refractivity contribution in [3.05, 3.63) is 12.2 Å². The Hall–Kier alpha value is -0.630. The first-order chi connectivity index (χ1) is 5.59. The topological polar surface area (TPSA) is 37.3 Å². The van der Waals surface area contributed by atoms with Crippen molar-refractivity contribution >= 4 is 5.78 Å². The molecule has 1 N–H and O–H groups in total. The molecule has 2 nitrogen and oxygen atoms in total. The fourth-order valence-corrected chi connectivity index (χ4v) is 0.997. The van der Waals surface area contributed by atoms with E-state index >= 15 is 0 Å². The van der Waals surface area contributed by atoms with Gasteiger partial charge in [-0.3, -0.25) is 4.79 Å². The molecule has 12 heavy (non-hydrogen) atoms. The van der Waals surface area contributed by atoms with Crippen LogP contribution < -0.4 is 0 Å². The second-order valence-electron chi connectivity index (χ2n) is 3.09. The number of aliphatic hydroxyl groups excluding tert-OH is 1. The number of Topliss-reactive ketones (excluding diaryl/α,β-unsaturated/α-hetero) is 1. The van der Waals surface area contributed by atoms with Crippen LogP contribution in [-0.2, 0) is 4.79 Å². The van der Waals surface area contributed by atoms with E-state index in [0.717, 1.165) is 19.3 Å². The van der Waals surface area contributed by atoms with Gasteiger partial charge in [-0.05, 0) is 13.3 Å². The van der Waals surface area contributed by atoms with E-state index in [1.165, 1.54) is 6.92 Å². The van der Waals surface area contributed by atoms with Crippen LogP contribution in [0.2, 0.25) is 0 Å². The summed E-state index contributed by atoms with van der Waals surface area (Å²) in [6, 6.07) is 0. The lowest BCUT2D eigenvalue weighted by Gasteiger charge is -2.10. The number of carbonyl (C=O) groups excluding carboxylic acids is 1. The highest BCUT2D eigenvalue weighted by atomic mass is 16.3. The minimum atomic E-state index is -0.631. The summed E-state index contributed by atoms with van der Waals surface area (Å²) < 4.78 is 0. The van der Waals surface area contributed by atoms with E-state index < -0.39 is 6.10 Å². The molecule has 0 saturated carbocycles. The fraction of sp³-hybridized carbons (Fsp3) is 0.700. The summed E-state index contributed by atoms with van der Waals surface area (Å²) in [5, 5.41) is 9.39. The van der Waals surface area contributed by atoms with Crippen LogP contribution >= 0.6 is 0 Å². The maximum absolute atomic E-state index is 10.8. The van der Waals surface area contributed by atoms with Gasteiger partial charge in [0.25, 0.3) is 0 Å². The van der Waals surface area contributed by atoms with Crippen molar-refractivity contribution in [2.45, 2.75) is 45.6 Å². The molecule has 0 aliphatic rings. The van der Waals surface area contributed by atoms with E-state index in [0.29, 0.717) is 12.0 Å². The molecule has 0 radical (unpaired) electrons. The average molecular weight is 170 g/mol. The number of unbranched alkanes of at least 4 members (excludes halogenated alkanes) is 2. The van der Waals surface area contributed by atoms with Crippen LogP contribution in [0.4, 0.5) is 0 Å². The van der Waals surface area contributed by atoms with Gasteiger partial charge in [-0.15, -0.1) is 0 Å². The molecule has 0 aliphatic carbocycles. The Morgan fingerprint density at radius 2 is 2.08 bits per heavy atom. The minimum absolute atomic E-state index is 0.112. The van der Waals surface area contributed by atoms with E-state index in [1.54, 1.807) is 0 Å². The van der Waals surface area contributed by atoms with Gasteiger partial charge in [0.05, 0.1) is 6.10 Å². The molecule has 0 aromatic carbocycles. The van der Waals surface area contributed by atoms with E-state index in [2.05, 4.69) is 13.5 Å². The van der Waals surface area contributed by atoms with Crippen molar-refractivity contribution in [3.8, 4) is 0 Å². The average Bonchev–Trinajstić information content (AvgIpc) is 2.03. The Balaban J connectivity index is 3.64. The molecule has 0 fully saturated rings. The standard InChI is InChI=1S/C10H18O2/c1-4-5-6-7-10(12)8(2)9(3)11/h10,12H,2,4-7H2,1,3H3. The van der Waals surface area contributed by atoms with Crippen molar-refractivity contribution in [3.63, 3.8) is 0 Å². The monoisotopic (exact) mass is 170 g/mol. The number of hydrogen-bond acceptors (Lipinski definition) is 2. The van der Waals surface area contributed by atoms with Gasteiger partial charge in [-0.1, -0.05) is 32.8 Å². The normalized spacial score (nSPS) is 12.6. The number of rotatable bonds is 6. The third-order valence-electron chi connectivity index (χ3n) is 1.94. The zero-order valence-corrected chi connectivity index (χ0v) is 7.97. The highest BCUT2D eigenvalue weighted by molar-refractivity contribution is 5.93. The Morgan fingerprint density at radius 1 is 1.50 bits per heavy atom. The van der Waals surface area contributed by atoms with Gasteiger partial charge in [0.15, 0.2) is 5.78 Å². The number of carbonyl (C=O) groups is 1. The molecule has 0 aromatic heterocycles. The first kappa shape index (κ1) is 11.4. The molecule has 0 rings (SSSR count). The summed E-state index contributed by atoms with van der Waals surface area (Å²) in [7, 11) is 0. The largest absolute Gasteiger partial charge is 0.388 e. The highest BCUT2D eigenvalue weighted by Gasteiger charge is 2.11. The molecule has 0 heterocycles. The maximum Gasteiger partial charge on any atom is 0.157 e. The van der Waals surface area contributed by atoms with Crippen LogP contribution in [0.1, 0.15) is 39.5 Å². The molecule has 0 aromatic rings. The van der Waals surface area contributed by atoms with Crippen LogP contribution in [0.5, 0.6) is 0 Å². The van der Waals surface area contributed by atoms with Crippen molar-refractivity contribution < 1.29 is 9.90 Å². The van der Waals surface area contributed by atoms with Gasteiger partial charge in [-0.2, -0.15) is 0 Å². The third-order valence-corrected chi connectivity index (χ3v) is 1.94. The lowest BCUT2D eigenvalue weighted by atomic mass is 10.0. The SMILES string of the molecule is C=C(C(C)=O)C(O)CCCCC. The van der Waals surface area contributed by atoms with E-state index in [1.807, 2.05) is 0 Å². The van der Waals surface area contributed by atoms with Crippen LogP contribution in [0, 0.1) is 0 Å². The molecule has 1 atom stereocenters. The van der Waals surface area contributed by atoms with E-state index in [-0.39, 0.29) is 5.78 Å². The quantitative estimate of drug-likeness (QED) is 0.489. The molecule has 0 bridgehead atoms. The molecule has 70 valence electrons. The predicted molar refractivity (Wildman–Crippen MR) is 50.0 cm³/mol. The van der Waals surface area contributed by atoms with Gasteiger partial charge in [0.2, 0.25) is 0 Å². The van der Waals surface area contributed by atoms with Gasteiger partial charge in [0, 0.05) is 5.57 Å². The van der Waals surface area contributed by atoms with Gasteiger partial charge < -0.3 is 5.11 Å². The van der Waals surface area contributed by atoms with Gasteiger partial charge >= 0.3 is 0 Å². The number of ketones is 1. The number of aliphatic hydroxyl groups is 1. The zero-order chi connectivity index (χ0) is 9.56. The third kappa shape index (κ3) is 4.29. The van der Waals surface area contributed by atoms with E-state index in [4.69, 9.17) is 0 Å². The molecule has 0 saturated heterocycles. The second kappa shape index (κ2) is 5.95. The molecule has 1 unspecified atom stereocenters. The minimum Gasteiger partial charge on any atom is -0.388 e. The van der Waals surface area contributed by atoms with Crippen molar-refractivity contribution in [2.75, 3.05) is 0 Å². The Morgan fingerprint density at radius 3 is 2.50 bits per heavy atom. The predicted octanol–water partition coefficient (Wildman–Crippen LogP) is 2.07. The van der Waals surface area contributed by atoms with Crippen LogP contribution in [0.25, 0.3) is 0 Å². The summed E-state index contributed by atoms with van der Waals surface area (Å²) in [5.41, 5.74) is 0.339. The zero-order valence-electron chi connectivity index (χ0n) is 7.97. The van der Waals surface area contributed by atoms with Crippen LogP contribution in [-0.4, -0.2) is 17.0 Å². The van der Waals surface area contributed by atoms with Crippen LogP contribution in [0.15, 0.2) is 12.2 Å². The molecule has 0 amide bonds. The second-order valence-corrected chi connectivity index (χ2v) is 3.09. The van der Waals surface area contributed by atoms with Gasteiger partial charge in [0.1, 0.15) is 0 Å². The van der Waals surface area contributed by atoms with Crippen molar-refractivity contribution in [1.82, 2.24) is 0 Å². The fourth-order valence-electron chi connectivity index (χ4n) is 0.997. The Labute approximate surface area is 74.3 Å². The molecule has 0 aliphatic heterocycles. The number of hydrogen-bond donors (Lipinski definition) is 1. The highest BCUT2D eigenvalue weighted by Crippen LogP contribution is 2.10. The summed E-state index contributed by atoms with van der Waals surface area (Å²) in [4.78, 5) is 10.8. The Bertz CT molecular complexity index is 161. The van der Waals surface area contributed by atoms with Gasteiger partial charge in [-0.25, -0.2) is 0 Å². The van der Waals surface area contributed by atoms with Crippen LogP contribution in [0.3, 0.4) is 0 Å². The first-order valence-corrected chi connectivity index (χ1v) is 4.47. The first-order valence-electron chi connectivity index (χ1n) is 4.47. The smallest absolute Gasteiger partial charge is 0.157 e. The van der Waals surface area contributed by atoms with Crippen molar-refractivity contribution in [2.24, 2.45) is 0 Å². The van der Waals surface area contributed by atoms with E-state index in [9.17, 15) is 9.90 Å². The van der Waals surface area contributed by atoms with Crippen molar-refractivity contribution in [1.29, 1.82) is 0 Å². The Kier molecular flexibility index (Phi) is 5.64. The maximum atomic E-state index is 10.8. The molecule has 2 heteroatoms. The summed E-state index contributed by atoms with van der Waals surface area (Å²) in [6.07, 6.45) is 3.21. The molecular weight excluding hydrogens is 152 g/mol.